The molecular weight excluding hydrogens is 504 g/mol. The second kappa shape index (κ2) is 8.46. The molecule has 1 fully saturated rings. The third kappa shape index (κ3) is 3.71. The molecule has 2 heterocycles. The van der Waals surface area contributed by atoms with Crippen molar-refractivity contribution >= 4 is 60.1 Å². The Kier molecular flexibility index (Phi) is 5.47. The number of aliphatic hydroxyl groups excluding tert-OH is 1. The number of carbonyl (C=O) groups excluding carboxylic acids is 2. The molecule has 0 radical (unpaired) electrons. The van der Waals surface area contributed by atoms with E-state index < -0.39 is 17.7 Å². The maximum atomic E-state index is 13.3. The second-order valence-corrected chi connectivity index (χ2v) is 9.34. The number of ether oxygens (including phenoxy) is 1. The maximum Gasteiger partial charge on any atom is 0.301 e. The smallest absolute Gasteiger partial charge is 0.301 e. The zero-order valence-corrected chi connectivity index (χ0v) is 19.8. The molecule has 1 aromatic heterocycles. The number of nitrogens with zero attached hydrogens (tertiary/aromatic N) is 2. The summed E-state index contributed by atoms with van der Waals surface area (Å²) in [4.78, 5) is 32.5. The lowest BCUT2D eigenvalue weighted by molar-refractivity contribution is -0.132. The number of Topliss-reactive ketones (excluding diaryl/α,β-unsaturated/α-hetero) is 1. The van der Waals surface area contributed by atoms with Crippen molar-refractivity contribution in [3.8, 4) is 5.75 Å². The Morgan fingerprint density at radius 3 is 2.58 bits per heavy atom. The first kappa shape index (κ1) is 21.4. The maximum absolute atomic E-state index is 13.3. The number of hydrogen-bond donors (Lipinski definition) is 1. The number of hydrogen-bond acceptors (Lipinski definition) is 6. The Hall–Kier alpha value is -3.49. The first-order valence-corrected chi connectivity index (χ1v) is 11.7. The van der Waals surface area contributed by atoms with Crippen LogP contribution in [0.15, 0.2) is 82.8 Å². The summed E-state index contributed by atoms with van der Waals surface area (Å²) in [6, 6.07) is 20.7. The number of aromatic nitrogens is 1. The van der Waals surface area contributed by atoms with Crippen LogP contribution in [0.3, 0.4) is 0 Å². The number of amides is 1. The summed E-state index contributed by atoms with van der Waals surface area (Å²) < 4.78 is 6.91. The molecule has 0 aliphatic carbocycles. The van der Waals surface area contributed by atoms with Crippen molar-refractivity contribution in [2.75, 3.05) is 12.0 Å². The van der Waals surface area contributed by atoms with Gasteiger partial charge in [0.05, 0.1) is 28.9 Å². The molecule has 1 saturated heterocycles. The SMILES string of the molecule is COc1ccc2nc(N3C(=O)C(=O)C(=C(O)c4ccccc4)[C@H]3c3cccc(Br)c3)sc2c1. The third-order valence-corrected chi connectivity index (χ3v) is 6.96. The number of aliphatic hydroxyl groups is 1. The number of thiazole rings is 1. The van der Waals surface area contributed by atoms with Crippen LogP contribution in [0.1, 0.15) is 17.2 Å². The fourth-order valence-electron chi connectivity index (χ4n) is 3.90. The van der Waals surface area contributed by atoms with Gasteiger partial charge in [0.15, 0.2) is 5.13 Å². The molecule has 164 valence electrons. The van der Waals surface area contributed by atoms with Gasteiger partial charge in [-0.15, -0.1) is 0 Å². The minimum Gasteiger partial charge on any atom is -0.507 e. The summed E-state index contributed by atoms with van der Waals surface area (Å²) >= 11 is 4.76. The van der Waals surface area contributed by atoms with E-state index in [0.29, 0.717) is 27.5 Å². The van der Waals surface area contributed by atoms with Gasteiger partial charge in [-0.3, -0.25) is 14.5 Å². The largest absolute Gasteiger partial charge is 0.507 e. The molecule has 6 nitrogen and oxygen atoms in total. The number of fused-ring (bicyclic) bond motifs is 1. The van der Waals surface area contributed by atoms with Gasteiger partial charge in [0, 0.05) is 10.0 Å². The van der Waals surface area contributed by atoms with Crippen molar-refractivity contribution in [1.82, 2.24) is 4.98 Å². The van der Waals surface area contributed by atoms with Gasteiger partial charge in [-0.05, 0) is 35.9 Å². The molecule has 8 heteroatoms. The van der Waals surface area contributed by atoms with E-state index in [1.54, 1.807) is 37.4 Å². The minimum atomic E-state index is -0.829. The van der Waals surface area contributed by atoms with Crippen LogP contribution in [-0.4, -0.2) is 28.9 Å². The summed E-state index contributed by atoms with van der Waals surface area (Å²) in [5.41, 5.74) is 1.86. The average Bonchev–Trinajstić information content (AvgIpc) is 3.37. The molecule has 0 spiro atoms. The van der Waals surface area contributed by atoms with Crippen molar-refractivity contribution in [3.05, 3.63) is 94.0 Å². The van der Waals surface area contributed by atoms with Crippen LogP contribution in [0.25, 0.3) is 16.0 Å². The van der Waals surface area contributed by atoms with E-state index in [0.717, 1.165) is 9.17 Å². The van der Waals surface area contributed by atoms with Crippen molar-refractivity contribution < 1.29 is 19.4 Å². The highest BCUT2D eigenvalue weighted by Gasteiger charge is 2.48. The summed E-state index contributed by atoms with van der Waals surface area (Å²) in [5, 5.41) is 11.5. The van der Waals surface area contributed by atoms with Crippen LogP contribution in [0.5, 0.6) is 5.75 Å². The Morgan fingerprint density at radius 2 is 1.85 bits per heavy atom. The highest BCUT2D eigenvalue weighted by atomic mass is 79.9. The Bertz CT molecular complexity index is 1430. The highest BCUT2D eigenvalue weighted by molar-refractivity contribution is 9.10. The van der Waals surface area contributed by atoms with Crippen molar-refractivity contribution in [2.24, 2.45) is 0 Å². The van der Waals surface area contributed by atoms with Crippen LogP contribution >= 0.6 is 27.3 Å². The molecular formula is C25H17BrN2O4S. The molecule has 0 bridgehead atoms. The molecule has 3 aromatic carbocycles. The predicted octanol–water partition coefficient (Wildman–Crippen LogP) is 5.69. The minimum absolute atomic E-state index is 0.0288. The van der Waals surface area contributed by atoms with Crippen LogP contribution in [0.4, 0.5) is 5.13 Å². The number of methoxy groups -OCH3 is 1. The summed E-state index contributed by atoms with van der Waals surface area (Å²) in [6.07, 6.45) is 0. The van der Waals surface area contributed by atoms with E-state index >= 15 is 0 Å². The predicted molar refractivity (Wildman–Crippen MR) is 132 cm³/mol. The van der Waals surface area contributed by atoms with E-state index in [-0.39, 0.29) is 11.3 Å². The van der Waals surface area contributed by atoms with Gasteiger partial charge in [0.25, 0.3) is 5.78 Å². The first-order chi connectivity index (χ1) is 16.0. The molecule has 1 N–H and O–H groups in total. The van der Waals surface area contributed by atoms with Crippen molar-refractivity contribution in [1.29, 1.82) is 0 Å². The lowest BCUT2D eigenvalue weighted by atomic mass is 9.95. The molecule has 4 aromatic rings. The van der Waals surface area contributed by atoms with E-state index in [4.69, 9.17) is 4.74 Å². The Balaban J connectivity index is 1.73. The lowest BCUT2D eigenvalue weighted by Crippen LogP contribution is -2.29. The van der Waals surface area contributed by atoms with Gasteiger partial charge >= 0.3 is 5.91 Å². The number of rotatable bonds is 4. The summed E-state index contributed by atoms with van der Waals surface area (Å²) in [5.74, 6) is -1.03. The van der Waals surface area contributed by atoms with E-state index in [2.05, 4.69) is 20.9 Å². The summed E-state index contributed by atoms with van der Waals surface area (Å²) in [7, 11) is 1.58. The monoisotopic (exact) mass is 520 g/mol. The molecule has 1 aliphatic rings. The standard InChI is InChI=1S/C25H17BrN2O4S/c1-32-17-10-11-18-19(13-17)33-25(27-18)28-21(15-8-5-9-16(26)12-15)20(23(30)24(28)31)22(29)14-6-3-2-4-7-14/h2-13,21,29H,1H3/t21-/m1/s1. The molecule has 1 atom stereocenters. The van der Waals surface area contributed by atoms with Gasteiger partial charge in [0.2, 0.25) is 0 Å². The van der Waals surface area contributed by atoms with Gasteiger partial charge in [-0.2, -0.15) is 0 Å². The van der Waals surface area contributed by atoms with Crippen LogP contribution in [0, 0.1) is 0 Å². The van der Waals surface area contributed by atoms with Crippen LogP contribution in [0.2, 0.25) is 0 Å². The van der Waals surface area contributed by atoms with Crippen LogP contribution in [-0.2, 0) is 9.59 Å². The molecule has 0 unspecified atom stereocenters. The normalized spacial score (nSPS) is 17.6. The number of carbonyl (C=O) groups is 2. The zero-order chi connectivity index (χ0) is 23.1. The van der Waals surface area contributed by atoms with Gasteiger partial charge in [-0.1, -0.05) is 69.7 Å². The van der Waals surface area contributed by atoms with Crippen molar-refractivity contribution in [2.45, 2.75) is 6.04 Å². The first-order valence-electron chi connectivity index (χ1n) is 10.0. The second-order valence-electron chi connectivity index (χ2n) is 7.42. The van der Waals surface area contributed by atoms with Gasteiger partial charge in [0.1, 0.15) is 11.5 Å². The third-order valence-electron chi connectivity index (χ3n) is 5.45. The lowest BCUT2D eigenvalue weighted by Gasteiger charge is -2.23. The molecule has 33 heavy (non-hydrogen) atoms. The number of anilines is 1. The number of ketones is 1. The topological polar surface area (TPSA) is 79.7 Å². The molecule has 0 saturated carbocycles. The number of halogens is 1. The quantitative estimate of drug-likeness (QED) is 0.212. The van der Waals surface area contributed by atoms with E-state index in [1.165, 1.54) is 16.2 Å². The fourth-order valence-corrected chi connectivity index (χ4v) is 5.33. The highest BCUT2D eigenvalue weighted by Crippen LogP contribution is 2.44. The Labute approximate surface area is 201 Å². The molecule has 1 aliphatic heterocycles. The van der Waals surface area contributed by atoms with Gasteiger partial charge < -0.3 is 9.84 Å². The number of benzene rings is 3. The fraction of sp³-hybridized carbons (Fsp3) is 0.0800. The van der Waals surface area contributed by atoms with Crippen molar-refractivity contribution in [3.63, 3.8) is 0 Å². The van der Waals surface area contributed by atoms with E-state index in [1.807, 2.05) is 42.5 Å². The van der Waals surface area contributed by atoms with Crippen LogP contribution < -0.4 is 9.64 Å². The zero-order valence-electron chi connectivity index (χ0n) is 17.4. The molecule has 1 amide bonds. The summed E-state index contributed by atoms with van der Waals surface area (Å²) in [6.45, 7) is 0. The van der Waals surface area contributed by atoms with Gasteiger partial charge in [-0.25, -0.2) is 4.98 Å². The Morgan fingerprint density at radius 1 is 1.06 bits per heavy atom. The van der Waals surface area contributed by atoms with E-state index in [9.17, 15) is 14.7 Å². The average molecular weight is 521 g/mol. The molecule has 5 rings (SSSR count).